The lowest BCUT2D eigenvalue weighted by atomic mass is 10.1. The largest absolute Gasteiger partial charge is 0.487 e. The second-order valence-electron chi connectivity index (χ2n) is 3.74. The monoisotopic (exact) mass is 252 g/mol. The molecule has 0 radical (unpaired) electrons. The molecule has 1 heterocycles. The third-order valence-electron chi connectivity index (χ3n) is 2.33. The van der Waals surface area contributed by atoms with Crippen LogP contribution in [0.4, 0.5) is 4.39 Å². The maximum atomic E-state index is 13.6. The standard InChI is InChI=1S/C12H13FN2OS/c1-8(14)11-3-2-10(4-12(11)13)16-5-9-6-17-7-15-9/h2-4,6-8H,5,14H2,1H3/t8-/m1/s1. The molecule has 5 heteroatoms. The van der Waals surface area contributed by atoms with Crippen LogP contribution in [0.1, 0.15) is 24.2 Å². The molecule has 2 N–H and O–H groups in total. The van der Waals surface area contributed by atoms with Crippen LogP contribution in [-0.4, -0.2) is 4.98 Å². The Hall–Kier alpha value is -1.46. The van der Waals surface area contributed by atoms with E-state index in [9.17, 15) is 4.39 Å². The number of nitrogens with zero attached hydrogens (tertiary/aromatic N) is 1. The molecule has 0 saturated carbocycles. The minimum atomic E-state index is -0.337. The van der Waals surface area contributed by atoms with Crippen molar-refractivity contribution in [1.82, 2.24) is 4.98 Å². The van der Waals surface area contributed by atoms with Gasteiger partial charge in [-0.25, -0.2) is 9.37 Å². The number of ether oxygens (including phenoxy) is 1. The molecule has 17 heavy (non-hydrogen) atoms. The van der Waals surface area contributed by atoms with Crippen molar-refractivity contribution in [2.24, 2.45) is 5.73 Å². The van der Waals surface area contributed by atoms with Crippen LogP contribution in [0, 0.1) is 5.82 Å². The average Bonchev–Trinajstić information content (AvgIpc) is 2.78. The summed E-state index contributed by atoms with van der Waals surface area (Å²) in [6, 6.07) is 4.40. The highest BCUT2D eigenvalue weighted by Crippen LogP contribution is 2.21. The number of halogens is 1. The van der Waals surface area contributed by atoms with Gasteiger partial charge in [0.25, 0.3) is 0 Å². The van der Waals surface area contributed by atoms with Crippen molar-refractivity contribution in [3.05, 3.63) is 46.2 Å². The SMILES string of the molecule is C[C@@H](N)c1ccc(OCc2cscn2)cc1F. The topological polar surface area (TPSA) is 48.1 Å². The first kappa shape index (κ1) is 12.0. The molecule has 0 bridgehead atoms. The third kappa shape index (κ3) is 3.01. The zero-order valence-corrected chi connectivity index (χ0v) is 10.2. The Balaban J connectivity index is 2.05. The fourth-order valence-corrected chi connectivity index (χ4v) is 1.98. The van der Waals surface area contributed by atoms with Gasteiger partial charge in [-0.2, -0.15) is 0 Å². The summed E-state index contributed by atoms with van der Waals surface area (Å²) in [6.45, 7) is 2.09. The number of aromatic nitrogens is 1. The minimum absolute atomic E-state index is 0.317. The molecular weight excluding hydrogens is 239 g/mol. The van der Waals surface area contributed by atoms with Gasteiger partial charge in [0.15, 0.2) is 0 Å². The molecule has 0 aliphatic carbocycles. The van der Waals surface area contributed by atoms with Crippen molar-refractivity contribution in [3.63, 3.8) is 0 Å². The molecule has 90 valence electrons. The van der Waals surface area contributed by atoms with E-state index in [1.54, 1.807) is 24.6 Å². The summed E-state index contributed by atoms with van der Waals surface area (Å²) in [6.07, 6.45) is 0. The van der Waals surface area contributed by atoms with Crippen molar-refractivity contribution < 1.29 is 9.13 Å². The quantitative estimate of drug-likeness (QED) is 0.910. The van der Waals surface area contributed by atoms with Crippen molar-refractivity contribution in [2.45, 2.75) is 19.6 Å². The van der Waals surface area contributed by atoms with Crippen LogP contribution >= 0.6 is 11.3 Å². The van der Waals surface area contributed by atoms with Crippen molar-refractivity contribution in [3.8, 4) is 5.75 Å². The lowest BCUT2D eigenvalue weighted by molar-refractivity contribution is 0.300. The first-order chi connectivity index (χ1) is 8.16. The molecule has 1 aromatic carbocycles. The van der Waals surface area contributed by atoms with Gasteiger partial charge in [0.05, 0.1) is 11.2 Å². The zero-order valence-electron chi connectivity index (χ0n) is 9.39. The number of hydrogen-bond donors (Lipinski definition) is 1. The van der Waals surface area contributed by atoms with E-state index < -0.39 is 0 Å². The molecule has 3 nitrogen and oxygen atoms in total. The highest BCUT2D eigenvalue weighted by atomic mass is 32.1. The van der Waals surface area contributed by atoms with Gasteiger partial charge in [-0.15, -0.1) is 11.3 Å². The van der Waals surface area contributed by atoms with Crippen LogP contribution in [0.25, 0.3) is 0 Å². The van der Waals surface area contributed by atoms with E-state index >= 15 is 0 Å². The van der Waals surface area contributed by atoms with Gasteiger partial charge in [0.1, 0.15) is 18.2 Å². The summed E-state index contributed by atoms with van der Waals surface area (Å²) in [5, 5.41) is 1.90. The van der Waals surface area contributed by atoms with Crippen LogP contribution in [0.3, 0.4) is 0 Å². The number of rotatable bonds is 4. The molecule has 2 rings (SSSR count). The Labute approximate surface area is 103 Å². The van der Waals surface area contributed by atoms with Gasteiger partial charge < -0.3 is 10.5 Å². The first-order valence-electron chi connectivity index (χ1n) is 5.21. The molecule has 0 saturated heterocycles. The van der Waals surface area contributed by atoms with Crippen molar-refractivity contribution in [2.75, 3.05) is 0 Å². The molecule has 1 atom stereocenters. The third-order valence-corrected chi connectivity index (χ3v) is 2.97. The van der Waals surface area contributed by atoms with Crippen LogP contribution in [-0.2, 0) is 6.61 Å². The van der Waals surface area contributed by atoms with Gasteiger partial charge in [-0.3, -0.25) is 0 Å². The second kappa shape index (κ2) is 5.25. The first-order valence-corrected chi connectivity index (χ1v) is 6.16. The van der Waals surface area contributed by atoms with E-state index in [0.717, 1.165) is 5.69 Å². The van der Waals surface area contributed by atoms with Crippen LogP contribution in [0.5, 0.6) is 5.75 Å². The minimum Gasteiger partial charge on any atom is -0.487 e. The lowest BCUT2D eigenvalue weighted by Gasteiger charge is -2.09. The van der Waals surface area contributed by atoms with Gasteiger partial charge >= 0.3 is 0 Å². The number of thiazole rings is 1. The molecule has 0 fully saturated rings. The molecule has 0 aliphatic rings. The molecular formula is C12H13FN2OS. The van der Waals surface area contributed by atoms with E-state index in [1.165, 1.54) is 17.4 Å². The summed E-state index contributed by atoms with van der Waals surface area (Å²) < 4.78 is 19.0. The van der Waals surface area contributed by atoms with Crippen LogP contribution in [0.15, 0.2) is 29.1 Å². The summed E-state index contributed by atoms with van der Waals surface area (Å²) in [5.41, 5.74) is 8.69. The maximum Gasteiger partial charge on any atom is 0.131 e. The summed E-state index contributed by atoms with van der Waals surface area (Å²) in [5.74, 6) is 0.149. The van der Waals surface area contributed by atoms with Crippen molar-refractivity contribution >= 4 is 11.3 Å². The van der Waals surface area contributed by atoms with Gasteiger partial charge in [0, 0.05) is 23.1 Å². The van der Waals surface area contributed by atoms with E-state index in [-0.39, 0.29) is 11.9 Å². The van der Waals surface area contributed by atoms with Crippen molar-refractivity contribution in [1.29, 1.82) is 0 Å². The normalized spacial score (nSPS) is 12.4. The molecule has 2 aromatic rings. The highest BCUT2D eigenvalue weighted by Gasteiger charge is 2.08. The highest BCUT2D eigenvalue weighted by molar-refractivity contribution is 7.07. The molecule has 0 aliphatic heterocycles. The zero-order chi connectivity index (χ0) is 12.3. The molecule has 0 unspecified atom stereocenters. The van der Waals surface area contributed by atoms with Crippen LogP contribution in [0.2, 0.25) is 0 Å². The van der Waals surface area contributed by atoms with E-state index in [2.05, 4.69) is 4.98 Å². The Morgan fingerprint density at radius 1 is 1.53 bits per heavy atom. The van der Waals surface area contributed by atoms with E-state index in [0.29, 0.717) is 17.9 Å². The Morgan fingerprint density at radius 2 is 2.35 bits per heavy atom. The average molecular weight is 252 g/mol. The predicted octanol–water partition coefficient (Wildman–Crippen LogP) is 2.88. The molecule has 0 amide bonds. The fraction of sp³-hybridized carbons (Fsp3) is 0.250. The molecule has 1 aromatic heterocycles. The van der Waals surface area contributed by atoms with Crippen LogP contribution < -0.4 is 10.5 Å². The maximum absolute atomic E-state index is 13.6. The molecule has 0 spiro atoms. The summed E-state index contributed by atoms with van der Waals surface area (Å²) >= 11 is 1.50. The van der Waals surface area contributed by atoms with Gasteiger partial charge in [-0.05, 0) is 13.0 Å². The summed E-state index contributed by atoms with van der Waals surface area (Å²) in [7, 11) is 0. The predicted molar refractivity (Wildman–Crippen MR) is 65.4 cm³/mol. The Morgan fingerprint density at radius 3 is 2.94 bits per heavy atom. The van der Waals surface area contributed by atoms with E-state index in [1.807, 2.05) is 5.38 Å². The number of hydrogen-bond acceptors (Lipinski definition) is 4. The second-order valence-corrected chi connectivity index (χ2v) is 4.46. The van der Waals surface area contributed by atoms with Gasteiger partial charge in [-0.1, -0.05) is 6.07 Å². The van der Waals surface area contributed by atoms with E-state index in [4.69, 9.17) is 10.5 Å². The Kier molecular flexibility index (Phi) is 3.71. The fourth-order valence-electron chi connectivity index (χ4n) is 1.43. The number of benzene rings is 1. The number of nitrogens with two attached hydrogens (primary N) is 1. The lowest BCUT2D eigenvalue weighted by Crippen LogP contribution is -2.07. The smallest absolute Gasteiger partial charge is 0.131 e. The Bertz CT molecular complexity index is 485. The van der Waals surface area contributed by atoms with Gasteiger partial charge in [0.2, 0.25) is 0 Å². The summed E-state index contributed by atoms with van der Waals surface area (Å²) in [4.78, 5) is 4.08.